The van der Waals surface area contributed by atoms with E-state index in [0.717, 1.165) is 12.0 Å². The zero-order chi connectivity index (χ0) is 16.7. The van der Waals surface area contributed by atoms with Crippen LogP contribution < -0.4 is 19.9 Å². The molecule has 22 heavy (non-hydrogen) atoms. The summed E-state index contributed by atoms with van der Waals surface area (Å²) in [4.78, 5) is 11.6. The molecule has 6 heteroatoms. The van der Waals surface area contributed by atoms with E-state index >= 15 is 0 Å². The Morgan fingerprint density at radius 2 is 1.68 bits per heavy atom. The molecule has 2 unspecified atom stereocenters. The molecule has 0 saturated heterocycles. The normalized spacial score (nSPS) is 13.2. The Morgan fingerprint density at radius 1 is 1.09 bits per heavy atom. The van der Waals surface area contributed by atoms with Gasteiger partial charge in [0.15, 0.2) is 11.5 Å². The van der Waals surface area contributed by atoms with Crippen LogP contribution in [0.2, 0.25) is 0 Å². The molecule has 1 aromatic carbocycles. The van der Waals surface area contributed by atoms with Crippen LogP contribution in [0.25, 0.3) is 0 Å². The highest BCUT2D eigenvalue weighted by Gasteiger charge is 2.27. The van der Waals surface area contributed by atoms with Crippen molar-refractivity contribution >= 4 is 5.97 Å². The second kappa shape index (κ2) is 8.48. The van der Waals surface area contributed by atoms with Gasteiger partial charge in [0.2, 0.25) is 0 Å². The van der Waals surface area contributed by atoms with E-state index in [1.54, 1.807) is 27.4 Å². The third-order valence-corrected chi connectivity index (χ3v) is 3.71. The zero-order valence-electron chi connectivity index (χ0n) is 13.8. The Hall–Kier alpha value is -1.95. The maximum Gasteiger partial charge on any atom is 0.322 e. The number of benzene rings is 1. The SMILES string of the molecule is CCC(CC(N)C(=O)OC)c1c(OC)ccc(OC)c1OC. The summed E-state index contributed by atoms with van der Waals surface area (Å²) < 4.78 is 21.0. The van der Waals surface area contributed by atoms with Crippen molar-refractivity contribution in [3.05, 3.63) is 17.7 Å². The van der Waals surface area contributed by atoms with Gasteiger partial charge in [-0.05, 0) is 30.9 Å². The van der Waals surface area contributed by atoms with E-state index in [9.17, 15) is 4.79 Å². The van der Waals surface area contributed by atoms with Gasteiger partial charge in [0.1, 0.15) is 11.8 Å². The second-order valence-corrected chi connectivity index (χ2v) is 4.89. The smallest absolute Gasteiger partial charge is 0.322 e. The van der Waals surface area contributed by atoms with Crippen molar-refractivity contribution in [3.8, 4) is 17.2 Å². The van der Waals surface area contributed by atoms with Gasteiger partial charge in [0.25, 0.3) is 0 Å². The van der Waals surface area contributed by atoms with Gasteiger partial charge in [-0.15, -0.1) is 0 Å². The number of methoxy groups -OCH3 is 4. The van der Waals surface area contributed by atoms with E-state index < -0.39 is 12.0 Å². The fourth-order valence-electron chi connectivity index (χ4n) is 2.54. The molecule has 0 aromatic heterocycles. The van der Waals surface area contributed by atoms with Gasteiger partial charge < -0.3 is 24.7 Å². The Morgan fingerprint density at radius 3 is 2.14 bits per heavy atom. The van der Waals surface area contributed by atoms with Crippen LogP contribution in [-0.4, -0.2) is 40.5 Å². The third kappa shape index (κ3) is 3.82. The van der Waals surface area contributed by atoms with E-state index in [1.807, 2.05) is 13.0 Å². The Bertz CT molecular complexity index is 504. The van der Waals surface area contributed by atoms with Crippen LogP contribution in [-0.2, 0) is 9.53 Å². The standard InChI is InChI=1S/C16H25NO5/c1-6-10(9-11(17)16(18)22-5)14-12(19-2)7-8-13(20-3)15(14)21-4/h7-8,10-11H,6,9,17H2,1-5H3. The monoisotopic (exact) mass is 311 g/mol. The quantitative estimate of drug-likeness (QED) is 0.741. The molecule has 0 aliphatic rings. The van der Waals surface area contributed by atoms with E-state index in [2.05, 4.69) is 0 Å². The first-order chi connectivity index (χ1) is 10.5. The van der Waals surface area contributed by atoms with Crippen molar-refractivity contribution in [2.45, 2.75) is 31.7 Å². The molecule has 0 amide bonds. The fraction of sp³-hybridized carbons (Fsp3) is 0.562. The van der Waals surface area contributed by atoms with Crippen LogP contribution in [0.15, 0.2) is 12.1 Å². The van der Waals surface area contributed by atoms with Crippen molar-refractivity contribution in [3.63, 3.8) is 0 Å². The predicted octanol–water partition coefficient (Wildman–Crippen LogP) is 2.10. The summed E-state index contributed by atoms with van der Waals surface area (Å²) >= 11 is 0. The predicted molar refractivity (Wildman–Crippen MR) is 83.7 cm³/mol. The Kier molecular flexibility index (Phi) is 6.98. The number of rotatable bonds is 8. The number of hydrogen-bond donors (Lipinski definition) is 1. The van der Waals surface area contributed by atoms with Crippen molar-refractivity contribution < 1.29 is 23.7 Å². The summed E-state index contributed by atoms with van der Waals surface area (Å²) in [6, 6.07) is 2.91. The lowest BCUT2D eigenvalue weighted by atomic mass is 9.88. The molecule has 124 valence electrons. The lowest BCUT2D eigenvalue weighted by Gasteiger charge is -2.24. The van der Waals surface area contributed by atoms with Crippen molar-refractivity contribution in [2.75, 3.05) is 28.4 Å². The van der Waals surface area contributed by atoms with Gasteiger partial charge in [0, 0.05) is 5.56 Å². The molecular weight excluding hydrogens is 286 g/mol. The molecule has 0 aliphatic heterocycles. The molecule has 0 bridgehead atoms. The van der Waals surface area contributed by atoms with Crippen LogP contribution >= 0.6 is 0 Å². The number of hydrogen-bond acceptors (Lipinski definition) is 6. The van der Waals surface area contributed by atoms with E-state index in [-0.39, 0.29) is 5.92 Å². The fourth-order valence-corrected chi connectivity index (χ4v) is 2.54. The van der Waals surface area contributed by atoms with Crippen LogP contribution in [0.5, 0.6) is 17.2 Å². The van der Waals surface area contributed by atoms with Gasteiger partial charge in [-0.25, -0.2) is 0 Å². The number of carbonyl (C=O) groups is 1. The van der Waals surface area contributed by atoms with Gasteiger partial charge in [-0.1, -0.05) is 6.92 Å². The summed E-state index contributed by atoms with van der Waals surface area (Å²) in [7, 11) is 6.08. The number of ether oxygens (including phenoxy) is 4. The number of nitrogens with two attached hydrogens (primary N) is 1. The highest BCUT2D eigenvalue weighted by molar-refractivity contribution is 5.75. The zero-order valence-corrected chi connectivity index (χ0v) is 13.8. The molecule has 0 spiro atoms. The minimum Gasteiger partial charge on any atom is -0.496 e. The minimum atomic E-state index is -0.699. The molecule has 0 heterocycles. The average molecular weight is 311 g/mol. The lowest BCUT2D eigenvalue weighted by molar-refractivity contribution is -0.142. The molecule has 2 N–H and O–H groups in total. The van der Waals surface area contributed by atoms with E-state index in [0.29, 0.717) is 23.7 Å². The first-order valence-corrected chi connectivity index (χ1v) is 7.16. The summed E-state index contributed by atoms with van der Waals surface area (Å²) in [5.74, 6) is 1.45. The highest BCUT2D eigenvalue weighted by atomic mass is 16.5. The maximum absolute atomic E-state index is 11.6. The first-order valence-electron chi connectivity index (χ1n) is 7.16. The van der Waals surface area contributed by atoms with Crippen molar-refractivity contribution in [1.82, 2.24) is 0 Å². The van der Waals surface area contributed by atoms with Crippen LogP contribution in [0.1, 0.15) is 31.2 Å². The molecule has 0 fully saturated rings. The molecule has 1 aromatic rings. The van der Waals surface area contributed by atoms with Crippen LogP contribution in [0.3, 0.4) is 0 Å². The van der Waals surface area contributed by atoms with E-state index in [4.69, 9.17) is 24.7 Å². The van der Waals surface area contributed by atoms with Crippen molar-refractivity contribution in [1.29, 1.82) is 0 Å². The minimum absolute atomic E-state index is 0.0194. The van der Waals surface area contributed by atoms with Gasteiger partial charge in [-0.2, -0.15) is 0 Å². The van der Waals surface area contributed by atoms with Gasteiger partial charge >= 0.3 is 5.97 Å². The molecule has 0 radical (unpaired) electrons. The highest BCUT2D eigenvalue weighted by Crippen LogP contribution is 2.44. The van der Waals surface area contributed by atoms with Gasteiger partial charge in [0.05, 0.1) is 28.4 Å². The summed E-state index contributed by atoms with van der Waals surface area (Å²) in [5.41, 5.74) is 6.76. The molecular formula is C16H25NO5. The number of carbonyl (C=O) groups excluding carboxylic acids is 1. The molecule has 0 aliphatic carbocycles. The lowest BCUT2D eigenvalue weighted by Crippen LogP contribution is -2.33. The Balaban J connectivity index is 3.26. The Labute approximate surface area is 131 Å². The second-order valence-electron chi connectivity index (χ2n) is 4.89. The van der Waals surface area contributed by atoms with E-state index in [1.165, 1.54) is 7.11 Å². The molecule has 0 saturated carbocycles. The largest absolute Gasteiger partial charge is 0.496 e. The summed E-state index contributed by atoms with van der Waals surface area (Å²) in [5, 5.41) is 0. The van der Waals surface area contributed by atoms with Crippen LogP contribution in [0.4, 0.5) is 0 Å². The summed E-state index contributed by atoms with van der Waals surface area (Å²) in [6.45, 7) is 2.02. The topological polar surface area (TPSA) is 80.0 Å². The first kappa shape index (κ1) is 18.1. The number of esters is 1. The maximum atomic E-state index is 11.6. The molecule has 6 nitrogen and oxygen atoms in total. The molecule has 1 rings (SSSR count). The van der Waals surface area contributed by atoms with Crippen LogP contribution in [0, 0.1) is 0 Å². The average Bonchev–Trinajstić information content (AvgIpc) is 2.56. The third-order valence-electron chi connectivity index (χ3n) is 3.71. The summed E-state index contributed by atoms with van der Waals surface area (Å²) in [6.07, 6.45) is 1.20. The van der Waals surface area contributed by atoms with Gasteiger partial charge in [-0.3, -0.25) is 4.79 Å². The van der Waals surface area contributed by atoms with Crippen molar-refractivity contribution in [2.24, 2.45) is 5.73 Å². The molecule has 2 atom stereocenters.